The van der Waals surface area contributed by atoms with Crippen LogP contribution in [0.25, 0.3) is 5.69 Å². The zero-order valence-corrected chi connectivity index (χ0v) is 14.1. The zero-order valence-electron chi connectivity index (χ0n) is 14.1. The summed E-state index contributed by atoms with van der Waals surface area (Å²) in [6.45, 7) is 1.75. The van der Waals surface area contributed by atoms with Gasteiger partial charge in [0.15, 0.2) is 0 Å². The number of aromatic nitrogens is 3. The maximum atomic E-state index is 14.0. The first-order valence-corrected chi connectivity index (χ1v) is 7.75. The van der Waals surface area contributed by atoms with Crippen LogP contribution >= 0.6 is 0 Å². The van der Waals surface area contributed by atoms with Gasteiger partial charge in [0.25, 0.3) is 0 Å². The van der Waals surface area contributed by atoms with Crippen molar-refractivity contribution in [2.75, 3.05) is 12.4 Å². The molecule has 0 bridgehead atoms. The molecule has 0 radical (unpaired) electrons. The second-order valence-electron chi connectivity index (χ2n) is 5.55. The Labute approximate surface area is 148 Å². The summed E-state index contributed by atoms with van der Waals surface area (Å²) in [5.74, 6) is -0.798. The molecule has 0 saturated heterocycles. The number of methoxy groups -OCH3 is 1. The van der Waals surface area contributed by atoms with Crippen LogP contribution in [-0.4, -0.2) is 27.0 Å². The predicted octanol–water partition coefficient (Wildman–Crippen LogP) is 3.50. The molecule has 0 amide bonds. The van der Waals surface area contributed by atoms with Crippen LogP contribution in [0, 0.1) is 15.9 Å². The van der Waals surface area contributed by atoms with Crippen LogP contribution in [0.5, 0.6) is 5.75 Å². The summed E-state index contributed by atoms with van der Waals surface area (Å²) in [5, 5.41) is 22.2. The number of nitrogens with one attached hydrogen (secondary N) is 1. The second kappa shape index (κ2) is 7.18. The molecule has 0 fully saturated rings. The van der Waals surface area contributed by atoms with Gasteiger partial charge in [-0.3, -0.25) is 10.1 Å². The van der Waals surface area contributed by atoms with E-state index < -0.39 is 22.5 Å². The number of hydrogen-bond donors (Lipinski definition) is 1. The van der Waals surface area contributed by atoms with Crippen molar-refractivity contribution in [3.8, 4) is 11.4 Å². The minimum atomic E-state index is -0.975. The van der Waals surface area contributed by atoms with Gasteiger partial charge in [0, 0.05) is 12.1 Å². The SMILES string of the molecule is COc1cc(F)c([N+](=O)[O-])c(NC(C)c2cn(-c3ccccc3)nn2)c1. The fourth-order valence-corrected chi connectivity index (χ4v) is 2.48. The van der Waals surface area contributed by atoms with Crippen molar-refractivity contribution in [3.63, 3.8) is 0 Å². The maximum Gasteiger partial charge on any atom is 0.327 e. The number of nitro groups is 1. The number of rotatable bonds is 6. The molecule has 8 nitrogen and oxygen atoms in total. The van der Waals surface area contributed by atoms with Crippen molar-refractivity contribution in [1.29, 1.82) is 0 Å². The van der Waals surface area contributed by atoms with Crippen LogP contribution in [-0.2, 0) is 0 Å². The Morgan fingerprint density at radius 1 is 1.31 bits per heavy atom. The van der Waals surface area contributed by atoms with Crippen LogP contribution in [0.4, 0.5) is 15.8 Å². The summed E-state index contributed by atoms with van der Waals surface area (Å²) in [5.41, 5.74) is 0.741. The number of nitro benzene ring substituents is 1. The Morgan fingerprint density at radius 2 is 2.04 bits per heavy atom. The monoisotopic (exact) mass is 357 g/mol. The van der Waals surface area contributed by atoms with Gasteiger partial charge in [0.2, 0.25) is 5.82 Å². The molecule has 3 rings (SSSR count). The standard InChI is InChI=1S/C17H16FN5O3/c1-11(16-10-22(21-20-16)12-6-4-3-5-7-12)19-15-9-13(26-2)8-14(18)17(15)23(24)25/h3-11,19H,1-2H3. The Morgan fingerprint density at radius 3 is 2.69 bits per heavy atom. The zero-order chi connectivity index (χ0) is 18.7. The van der Waals surface area contributed by atoms with Crippen LogP contribution < -0.4 is 10.1 Å². The Bertz CT molecular complexity index is 929. The van der Waals surface area contributed by atoms with E-state index in [1.54, 1.807) is 17.8 Å². The largest absolute Gasteiger partial charge is 0.497 e. The van der Waals surface area contributed by atoms with Gasteiger partial charge in [-0.2, -0.15) is 4.39 Å². The predicted molar refractivity (Wildman–Crippen MR) is 93.0 cm³/mol. The number of nitrogens with zero attached hydrogens (tertiary/aromatic N) is 4. The summed E-state index contributed by atoms with van der Waals surface area (Å²) < 4.78 is 20.6. The van der Waals surface area contributed by atoms with Gasteiger partial charge in [-0.1, -0.05) is 23.4 Å². The Kier molecular flexibility index (Phi) is 4.78. The van der Waals surface area contributed by atoms with Crippen molar-refractivity contribution in [2.45, 2.75) is 13.0 Å². The number of hydrogen-bond acceptors (Lipinski definition) is 6. The Balaban J connectivity index is 1.89. The molecular weight excluding hydrogens is 341 g/mol. The molecule has 1 N–H and O–H groups in total. The molecular formula is C17H16FN5O3. The van der Waals surface area contributed by atoms with E-state index in [1.165, 1.54) is 13.2 Å². The number of para-hydroxylation sites is 1. The molecule has 1 atom stereocenters. The highest BCUT2D eigenvalue weighted by Gasteiger charge is 2.24. The molecule has 0 saturated carbocycles. The van der Waals surface area contributed by atoms with Gasteiger partial charge in [0.1, 0.15) is 17.1 Å². The highest BCUT2D eigenvalue weighted by Crippen LogP contribution is 2.34. The van der Waals surface area contributed by atoms with E-state index >= 15 is 0 Å². The fraction of sp³-hybridized carbons (Fsp3) is 0.176. The van der Waals surface area contributed by atoms with Crippen LogP contribution in [0.2, 0.25) is 0 Å². The molecule has 26 heavy (non-hydrogen) atoms. The molecule has 0 aliphatic rings. The highest BCUT2D eigenvalue weighted by molar-refractivity contribution is 5.65. The van der Waals surface area contributed by atoms with Crippen LogP contribution in [0.3, 0.4) is 0 Å². The van der Waals surface area contributed by atoms with Gasteiger partial charge in [0.05, 0.1) is 30.0 Å². The topological polar surface area (TPSA) is 95.1 Å². The van der Waals surface area contributed by atoms with E-state index in [1.807, 2.05) is 30.3 Å². The summed E-state index contributed by atoms with van der Waals surface area (Å²) in [6, 6.07) is 11.3. The molecule has 3 aromatic rings. The van der Waals surface area contributed by atoms with Gasteiger partial charge in [-0.15, -0.1) is 5.10 Å². The molecule has 9 heteroatoms. The first-order valence-electron chi connectivity index (χ1n) is 7.75. The average Bonchev–Trinajstić information content (AvgIpc) is 3.12. The molecule has 0 spiro atoms. The van der Waals surface area contributed by atoms with Gasteiger partial charge in [-0.25, -0.2) is 4.68 Å². The lowest BCUT2D eigenvalue weighted by atomic mass is 10.2. The van der Waals surface area contributed by atoms with E-state index in [0.717, 1.165) is 11.8 Å². The average molecular weight is 357 g/mol. The number of anilines is 1. The van der Waals surface area contributed by atoms with Crippen molar-refractivity contribution >= 4 is 11.4 Å². The number of benzene rings is 2. The van der Waals surface area contributed by atoms with E-state index in [9.17, 15) is 14.5 Å². The Hall–Kier alpha value is -3.49. The van der Waals surface area contributed by atoms with Crippen molar-refractivity contribution in [3.05, 3.63) is 70.3 Å². The second-order valence-corrected chi connectivity index (χ2v) is 5.55. The third kappa shape index (κ3) is 3.46. The molecule has 0 aliphatic heterocycles. The quantitative estimate of drug-likeness (QED) is 0.536. The lowest BCUT2D eigenvalue weighted by Crippen LogP contribution is -2.10. The van der Waals surface area contributed by atoms with Crippen LogP contribution in [0.15, 0.2) is 48.7 Å². The summed E-state index contributed by atoms with van der Waals surface area (Å²) in [6.07, 6.45) is 1.70. The van der Waals surface area contributed by atoms with E-state index in [4.69, 9.17) is 4.74 Å². The summed E-state index contributed by atoms with van der Waals surface area (Å²) >= 11 is 0. The molecule has 2 aromatic carbocycles. The van der Waals surface area contributed by atoms with Gasteiger partial charge in [-0.05, 0) is 19.1 Å². The van der Waals surface area contributed by atoms with Crippen molar-refractivity contribution in [1.82, 2.24) is 15.0 Å². The van der Waals surface area contributed by atoms with Gasteiger partial charge >= 0.3 is 5.69 Å². The maximum absolute atomic E-state index is 14.0. The molecule has 1 heterocycles. The highest BCUT2D eigenvalue weighted by atomic mass is 19.1. The first-order chi connectivity index (χ1) is 12.5. The summed E-state index contributed by atoms with van der Waals surface area (Å²) in [7, 11) is 1.36. The third-order valence-corrected chi connectivity index (χ3v) is 3.80. The minimum absolute atomic E-state index is 0.00797. The lowest BCUT2D eigenvalue weighted by Gasteiger charge is -2.14. The first kappa shape index (κ1) is 17.3. The van der Waals surface area contributed by atoms with Crippen molar-refractivity contribution < 1.29 is 14.1 Å². The minimum Gasteiger partial charge on any atom is -0.497 e. The smallest absolute Gasteiger partial charge is 0.327 e. The normalized spacial score (nSPS) is 11.8. The summed E-state index contributed by atoms with van der Waals surface area (Å²) in [4.78, 5) is 10.4. The molecule has 1 aromatic heterocycles. The van der Waals surface area contributed by atoms with Crippen LogP contribution in [0.1, 0.15) is 18.7 Å². The van der Waals surface area contributed by atoms with E-state index in [-0.39, 0.29) is 11.4 Å². The van der Waals surface area contributed by atoms with E-state index in [0.29, 0.717) is 5.69 Å². The molecule has 0 aliphatic carbocycles. The lowest BCUT2D eigenvalue weighted by molar-refractivity contribution is -0.386. The number of ether oxygens (including phenoxy) is 1. The molecule has 134 valence electrons. The number of halogens is 1. The van der Waals surface area contributed by atoms with Gasteiger partial charge < -0.3 is 10.1 Å². The third-order valence-electron chi connectivity index (χ3n) is 3.80. The van der Waals surface area contributed by atoms with E-state index in [2.05, 4.69) is 15.6 Å². The molecule has 1 unspecified atom stereocenters. The fourth-order valence-electron chi connectivity index (χ4n) is 2.48. The van der Waals surface area contributed by atoms with Crippen molar-refractivity contribution in [2.24, 2.45) is 0 Å².